The number of thioether (sulfide) groups is 1. The Kier molecular flexibility index (Phi) is 5.23. The molecule has 2 aliphatic rings. The number of ether oxygens (including phenoxy) is 1. The van der Waals surface area contributed by atoms with Gasteiger partial charge in [-0.1, -0.05) is 0 Å². The predicted octanol–water partition coefficient (Wildman–Crippen LogP) is -0.898. The molecular formula is C14H15N5O6S2. The van der Waals surface area contributed by atoms with Gasteiger partial charge in [0, 0.05) is 16.7 Å². The van der Waals surface area contributed by atoms with Gasteiger partial charge in [0.25, 0.3) is 5.91 Å². The van der Waals surface area contributed by atoms with Crippen LogP contribution in [0.3, 0.4) is 0 Å². The number of rotatable bonds is 6. The molecule has 11 nitrogen and oxygen atoms in total. The van der Waals surface area contributed by atoms with Crippen LogP contribution in [0.25, 0.3) is 0 Å². The standard InChI is InChI=1S/C14H15N5O6S2/c15-13-17-6(4-27-13)1-7(20)18-8-10(21)19-9(12(22)23)5(2-25-14(16)24)3-26-11(8)19/h4,8,11H,1-3H2,(H2,15,17)(H2,16,24)(H,18,20)(H,22,23)/t8?,11-/m1/s1. The van der Waals surface area contributed by atoms with E-state index in [0.717, 1.165) is 4.90 Å². The maximum atomic E-state index is 12.4. The third-order valence-electron chi connectivity index (χ3n) is 3.87. The Bertz CT molecular complexity index is 853. The second-order valence-corrected chi connectivity index (χ2v) is 7.67. The number of anilines is 1. The van der Waals surface area contributed by atoms with Crippen LogP contribution >= 0.6 is 23.1 Å². The quantitative estimate of drug-likeness (QED) is 0.430. The first-order valence-electron chi connectivity index (χ1n) is 7.59. The summed E-state index contributed by atoms with van der Waals surface area (Å²) in [4.78, 5) is 52.0. The van der Waals surface area contributed by atoms with Gasteiger partial charge in [-0.05, 0) is 0 Å². The number of nitrogens with one attached hydrogen (secondary N) is 1. The van der Waals surface area contributed by atoms with Crippen molar-refractivity contribution in [3.8, 4) is 0 Å². The Balaban J connectivity index is 1.68. The molecule has 1 fully saturated rings. The monoisotopic (exact) mass is 413 g/mol. The molecule has 13 heteroatoms. The number of carboxylic acids is 1. The number of nitrogens with two attached hydrogens (primary N) is 2. The molecule has 3 amide bonds. The fraction of sp³-hybridized carbons (Fsp3) is 0.357. The van der Waals surface area contributed by atoms with E-state index in [4.69, 9.17) is 11.5 Å². The molecule has 1 unspecified atom stereocenters. The van der Waals surface area contributed by atoms with E-state index < -0.39 is 35.3 Å². The van der Waals surface area contributed by atoms with Crippen LogP contribution in [0.1, 0.15) is 5.69 Å². The van der Waals surface area contributed by atoms with Crippen molar-refractivity contribution in [2.45, 2.75) is 17.8 Å². The molecule has 6 N–H and O–H groups in total. The lowest BCUT2D eigenvalue weighted by atomic mass is 10.0. The first kappa shape index (κ1) is 19.0. The highest BCUT2D eigenvalue weighted by molar-refractivity contribution is 8.00. The van der Waals surface area contributed by atoms with Crippen molar-refractivity contribution in [3.05, 3.63) is 22.3 Å². The second kappa shape index (κ2) is 7.44. The number of nitrogen functional groups attached to an aromatic ring is 1. The molecule has 0 spiro atoms. The lowest BCUT2D eigenvalue weighted by molar-refractivity contribution is -0.150. The molecule has 1 aromatic rings. The van der Waals surface area contributed by atoms with Gasteiger partial charge in [0.1, 0.15) is 23.7 Å². The number of nitrogens with zero attached hydrogens (tertiary/aromatic N) is 2. The number of aromatic nitrogens is 1. The summed E-state index contributed by atoms with van der Waals surface area (Å²) in [6, 6.07) is -0.841. The minimum absolute atomic E-state index is 0.0335. The van der Waals surface area contributed by atoms with E-state index in [2.05, 4.69) is 15.0 Å². The minimum Gasteiger partial charge on any atom is -0.477 e. The number of β-lactam (4-membered cyclic amide) rings is 1. The highest BCUT2D eigenvalue weighted by Gasteiger charge is 2.54. The maximum absolute atomic E-state index is 12.4. The molecule has 0 aromatic carbocycles. The van der Waals surface area contributed by atoms with E-state index in [1.54, 1.807) is 5.38 Å². The summed E-state index contributed by atoms with van der Waals surface area (Å²) in [5, 5.41) is 13.5. The largest absolute Gasteiger partial charge is 0.477 e. The van der Waals surface area contributed by atoms with Crippen LogP contribution in [-0.4, -0.2) is 62.6 Å². The Morgan fingerprint density at radius 3 is 2.78 bits per heavy atom. The normalized spacial score (nSPS) is 21.3. The van der Waals surface area contributed by atoms with E-state index in [1.807, 2.05) is 0 Å². The molecule has 1 aromatic heterocycles. The number of amides is 3. The van der Waals surface area contributed by atoms with Crippen molar-refractivity contribution in [2.24, 2.45) is 5.73 Å². The molecule has 0 bridgehead atoms. The molecule has 1 saturated heterocycles. The second-order valence-electron chi connectivity index (χ2n) is 5.67. The fourth-order valence-corrected chi connectivity index (χ4v) is 4.64. The molecule has 144 valence electrons. The van der Waals surface area contributed by atoms with E-state index in [0.29, 0.717) is 10.8 Å². The molecule has 27 heavy (non-hydrogen) atoms. The lowest BCUT2D eigenvalue weighted by Crippen LogP contribution is -2.70. The molecule has 0 radical (unpaired) electrons. The first-order valence-corrected chi connectivity index (χ1v) is 9.52. The summed E-state index contributed by atoms with van der Waals surface area (Å²) in [6.45, 7) is -0.317. The molecule has 2 aliphatic heterocycles. The van der Waals surface area contributed by atoms with Crippen LogP contribution in [0, 0.1) is 0 Å². The Hall–Kier alpha value is -2.80. The van der Waals surface area contributed by atoms with Crippen molar-refractivity contribution in [2.75, 3.05) is 18.1 Å². The van der Waals surface area contributed by atoms with Crippen LogP contribution in [0.15, 0.2) is 16.7 Å². The molecule has 0 aliphatic carbocycles. The molecule has 2 atom stereocenters. The zero-order chi connectivity index (χ0) is 19.7. The maximum Gasteiger partial charge on any atom is 0.404 e. The number of thiazole rings is 1. The third kappa shape index (κ3) is 3.83. The first-order chi connectivity index (χ1) is 12.8. The topological polar surface area (TPSA) is 178 Å². The van der Waals surface area contributed by atoms with Crippen molar-refractivity contribution < 1.29 is 29.0 Å². The highest BCUT2D eigenvalue weighted by atomic mass is 32.2. The summed E-state index contributed by atoms with van der Waals surface area (Å²) in [5.41, 5.74) is 10.9. The van der Waals surface area contributed by atoms with Gasteiger partial charge in [0.15, 0.2) is 5.13 Å². The summed E-state index contributed by atoms with van der Waals surface area (Å²) in [6.07, 6.45) is -1.07. The Morgan fingerprint density at radius 1 is 1.44 bits per heavy atom. The van der Waals surface area contributed by atoms with Crippen molar-refractivity contribution in [3.63, 3.8) is 0 Å². The Labute approximate surface area is 160 Å². The number of hydrogen-bond donors (Lipinski definition) is 4. The van der Waals surface area contributed by atoms with Gasteiger partial charge in [-0.2, -0.15) is 0 Å². The molecule has 3 rings (SSSR count). The van der Waals surface area contributed by atoms with E-state index in [-0.39, 0.29) is 30.1 Å². The minimum atomic E-state index is -1.32. The SMILES string of the molecule is NC(=O)OCC1=C(C(=O)O)N2C(=O)C(NC(=O)Cc3csc(N)n3)[C@H]2SC1. The number of carboxylic acid groups (broad SMARTS) is 1. The van der Waals surface area contributed by atoms with Gasteiger partial charge in [-0.25, -0.2) is 14.6 Å². The van der Waals surface area contributed by atoms with E-state index in [9.17, 15) is 24.3 Å². The van der Waals surface area contributed by atoms with Gasteiger partial charge in [0.2, 0.25) is 5.91 Å². The molecule has 3 heterocycles. The molecular weight excluding hydrogens is 398 g/mol. The smallest absolute Gasteiger partial charge is 0.404 e. The average Bonchev–Trinajstić information content (AvgIpc) is 3.01. The fourth-order valence-electron chi connectivity index (χ4n) is 2.75. The van der Waals surface area contributed by atoms with Gasteiger partial charge >= 0.3 is 12.1 Å². The van der Waals surface area contributed by atoms with Crippen LogP contribution in [0.2, 0.25) is 0 Å². The predicted molar refractivity (Wildman–Crippen MR) is 95.5 cm³/mol. The summed E-state index contributed by atoms with van der Waals surface area (Å²) in [5.74, 6) is -2.06. The third-order valence-corrected chi connectivity index (χ3v) is 5.93. The zero-order valence-corrected chi connectivity index (χ0v) is 15.3. The number of carbonyl (C=O) groups excluding carboxylic acids is 3. The summed E-state index contributed by atoms with van der Waals surface area (Å²) < 4.78 is 4.64. The number of aliphatic carboxylic acids is 1. The van der Waals surface area contributed by atoms with Crippen LogP contribution in [-0.2, 0) is 25.5 Å². The van der Waals surface area contributed by atoms with Crippen molar-refractivity contribution in [1.29, 1.82) is 0 Å². The molecule has 0 saturated carbocycles. The zero-order valence-electron chi connectivity index (χ0n) is 13.7. The summed E-state index contributed by atoms with van der Waals surface area (Å²) in [7, 11) is 0. The number of primary amides is 1. The van der Waals surface area contributed by atoms with Crippen molar-refractivity contribution in [1.82, 2.24) is 15.2 Å². The highest BCUT2D eigenvalue weighted by Crippen LogP contribution is 2.40. The van der Waals surface area contributed by atoms with Crippen LogP contribution < -0.4 is 16.8 Å². The van der Waals surface area contributed by atoms with Gasteiger partial charge in [0.05, 0.1) is 12.1 Å². The number of carbonyl (C=O) groups is 4. The van der Waals surface area contributed by atoms with Crippen LogP contribution in [0.5, 0.6) is 0 Å². The number of fused-ring (bicyclic) bond motifs is 1. The van der Waals surface area contributed by atoms with Gasteiger partial charge in [-0.3, -0.25) is 14.5 Å². The Morgan fingerprint density at radius 2 is 2.19 bits per heavy atom. The van der Waals surface area contributed by atoms with Gasteiger partial charge < -0.3 is 26.6 Å². The van der Waals surface area contributed by atoms with E-state index in [1.165, 1.54) is 23.1 Å². The van der Waals surface area contributed by atoms with Crippen LogP contribution in [0.4, 0.5) is 9.93 Å². The lowest BCUT2D eigenvalue weighted by Gasteiger charge is -2.49. The average molecular weight is 413 g/mol. The van der Waals surface area contributed by atoms with E-state index >= 15 is 0 Å². The van der Waals surface area contributed by atoms with Crippen molar-refractivity contribution >= 4 is 52.1 Å². The van der Waals surface area contributed by atoms with Gasteiger partial charge in [-0.15, -0.1) is 23.1 Å². The summed E-state index contributed by atoms with van der Waals surface area (Å²) >= 11 is 2.47. The number of hydrogen-bond acceptors (Lipinski definition) is 9.